The first-order chi connectivity index (χ1) is 20.2. The monoisotopic (exact) mass is 642 g/mol. The number of hydrogen-bond acceptors (Lipinski definition) is 10. The second kappa shape index (κ2) is 14.4. The molecule has 0 spiro atoms. The molecule has 0 aromatic heterocycles. The average molecular weight is 643 g/mol. The lowest BCUT2D eigenvalue weighted by atomic mass is 10.2. The number of nitrogens with zero attached hydrogens (tertiary/aromatic N) is 2. The van der Waals surface area contributed by atoms with Gasteiger partial charge >= 0.3 is 0 Å². The maximum Gasteiger partial charge on any atom is 0.266 e. The Bertz CT molecular complexity index is 1400. The van der Waals surface area contributed by atoms with E-state index in [0.717, 1.165) is 34.7 Å². The Labute approximate surface area is 261 Å². The van der Waals surface area contributed by atoms with Crippen LogP contribution in [0, 0.1) is 0 Å². The zero-order valence-electron chi connectivity index (χ0n) is 22.6. The highest BCUT2D eigenvalue weighted by Gasteiger charge is 2.33. The minimum atomic E-state index is -0.503. The summed E-state index contributed by atoms with van der Waals surface area (Å²) in [5.41, 5.74) is 6.13. The van der Waals surface area contributed by atoms with Gasteiger partial charge in [0.2, 0.25) is 11.8 Å². The van der Waals surface area contributed by atoms with E-state index in [1.165, 1.54) is 9.80 Å². The number of hydrazine groups is 1. The molecule has 2 aliphatic rings. The van der Waals surface area contributed by atoms with E-state index in [4.69, 9.17) is 33.9 Å². The zero-order chi connectivity index (χ0) is 30.2. The van der Waals surface area contributed by atoms with Crippen molar-refractivity contribution in [3.63, 3.8) is 0 Å². The van der Waals surface area contributed by atoms with E-state index < -0.39 is 11.8 Å². The smallest absolute Gasteiger partial charge is 0.266 e. The number of para-hydroxylation sites is 2. The van der Waals surface area contributed by atoms with E-state index in [0.29, 0.717) is 30.0 Å². The number of thioether (sulfide) groups is 2. The highest BCUT2D eigenvalue weighted by Crippen LogP contribution is 2.35. The Morgan fingerprint density at radius 3 is 1.50 bits per heavy atom. The van der Waals surface area contributed by atoms with Gasteiger partial charge in [0, 0.05) is 37.1 Å². The van der Waals surface area contributed by atoms with E-state index in [1.54, 1.807) is 38.5 Å². The second-order valence-electron chi connectivity index (χ2n) is 8.75. The van der Waals surface area contributed by atoms with E-state index in [-0.39, 0.29) is 37.7 Å². The number of thiocarbonyl (C=S) groups is 2. The molecule has 2 aromatic rings. The molecule has 0 unspecified atom stereocenters. The summed E-state index contributed by atoms with van der Waals surface area (Å²) in [6, 6.07) is 14.6. The third-order valence-electron chi connectivity index (χ3n) is 6.06. The first kappa shape index (κ1) is 31.2. The molecule has 10 nitrogen and oxygen atoms in total. The summed E-state index contributed by atoms with van der Waals surface area (Å²) in [4.78, 5) is 54.0. The van der Waals surface area contributed by atoms with Crippen molar-refractivity contribution in [1.29, 1.82) is 0 Å². The van der Waals surface area contributed by atoms with Gasteiger partial charge in [0.1, 0.15) is 20.1 Å². The number of amides is 4. The van der Waals surface area contributed by atoms with Crippen LogP contribution < -0.4 is 20.3 Å². The standard InChI is InChI=1S/C28H26N4O6S4/c1-37-19-9-5-3-7-17(19)15-21-25(35)31(27(39)41-21)13-11-23(33)29-30-24(34)12-14-32-26(36)22(42-28(32)40)16-18-8-4-6-10-20(18)38-2/h3-10,15-16H,11-14H2,1-2H3,(H,29,33)(H,30,34)/b21-15-,22-16+. The Balaban J connectivity index is 1.23. The van der Waals surface area contributed by atoms with Gasteiger partial charge in [-0.3, -0.25) is 39.8 Å². The van der Waals surface area contributed by atoms with Gasteiger partial charge in [0.15, 0.2) is 0 Å². The Hall–Kier alpha value is -3.72. The van der Waals surface area contributed by atoms with Gasteiger partial charge in [0.05, 0.1) is 24.0 Å². The quantitative estimate of drug-likeness (QED) is 0.226. The largest absolute Gasteiger partial charge is 0.496 e. The van der Waals surface area contributed by atoms with Crippen LogP contribution in [0.15, 0.2) is 58.3 Å². The van der Waals surface area contributed by atoms with Gasteiger partial charge in [0.25, 0.3) is 11.8 Å². The third kappa shape index (κ3) is 7.56. The van der Waals surface area contributed by atoms with Crippen molar-refractivity contribution in [3.8, 4) is 11.5 Å². The molecule has 2 fully saturated rings. The van der Waals surface area contributed by atoms with Gasteiger partial charge in [-0.25, -0.2) is 0 Å². The normalized spacial score (nSPS) is 16.9. The summed E-state index contributed by atoms with van der Waals surface area (Å²) < 4.78 is 11.3. The second-order valence-corrected chi connectivity index (χ2v) is 12.1. The van der Waals surface area contributed by atoms with Crippen molar-refractivity contribution in [2.45, 2.75) is 12.8 Å². The maximum atomic E-state index is 12.9. The number of ether oxygens (including phenoxy) is 2. The van der Waals surface area contributed by atoms with Crippen molar-refractivity contribution in [1.82, 2.24) is 20.7 Å². The molecule has 0 aliphatic carbocycles. The van der Waals surface area contributed by atoms with E-state index in [2.05, 4.69) is 10.9 Å². The Morgan fingerprint density at radius 2 is 1.12 bits per heavy atom. The number of carbonyl (C=O) groups is 4. The maximum absolute atomic E-state index is 12.9. The summed E-state index contributed by atoms with van der Waals surface area (Å²) in [5, 5.41) is 0. The summed E-state index contributed by atoms with van der Waals surface area (Å²) in [6.07, 6.45) is 3.23. The van der Waals surface area contributed by atoms with Crippen LogP contribution >= 0.6 is 48.0 Å². The van der Waals surface area contributed by atoms with Crippen LogP contribution in [0.4, 0.5) is 0 Å². The van der Waals surface area contributed by atoms with Gasteiger partial charge in [-0.1, -0.05) is 84.4 Å². The predicted molar refractivity (Wildman–Crippen MR) is 171 cm³/mol. The Kier molecular flexibility index (Phi) is 10.7. The fraction of sp³-hybridized carbons (Fsp3) is 0.214. The molecule has 0 saturated carbocycles. The van der Waals surface area contributed by atoms with E-state index >= 15 is 0 Å². The molecule has 14 heteroatoms. The first-order valence-corrected chi connectivity index (χ1v) is 15.0. The molecule has 2 N–H and O–H groups in total. The molecule has 4 rings (SSSR count). The van der Waals surface area contributed by atoms with Crippen LogP contribution in [0.5, 0.6) is 11.5 Å². The summed E-state index contributed by atoms with van der Waals surface area (Å²) in [6.45, 7) is 0.0927. The van der Waals surface area contributed by atoms with Crippen LogP contribution in [0.25, 0.3) is 12.2 Å². The molecule has 2 saturated heterocycles. The topological polar surface area (TPSA) is 117 Å². The number of hydrogen-bond donors (Lipinski definition) is 2. The molecular weight excluding hydrogens is 617 g/mol. The lowest BCUT2D eigenvalue weighted by Crippen LogP contribution is -2.44. The molecular formula is C28H26N4O6S4. The van der Waals surface area contributed by atoms with Crippen LogP contribution in [-0.4, -0.2) is 69.4 Å². The summed E-state index contributed by atoms with van der Waals surface area (Å²) in [7, 11) is 3.10. The molecule has 0 bridgehead atoms. The van der Waals surface area contributed by atoms with E-state index in [1.807, 2.05) is 36.4 Å². The molecule has 2 heterocycles. The fourth-order valence-electron chi connectivity index (χ4n) is 3.93. The van der Waals surface area contributed by atoms with Crippen LogP contribution in [0.3, 0.4) is 0 Å². The highest BCUT2D eigenvalue weighted by atomic mass is 32.2. The van der Waals surface area contributed by atoms with Gasteiger partial charge in [-0.2, -0.15) is 0 Å². The molecule has 0 atom stereocenters. The number of methoxy groups -OCH3 is 2. The van der Waals surface area contributed by atoms with Gasteiger partial charge in [-0.05, 0) is 24.3 Å². The molecule has 218 valence electrons. The summed E-state index contributed by atoms with van der Waals surface area (Å²) >= 11 is 13.0. The minimum absolute atomic E-state index is 0.0463. The van der Waals surface area contributed by atoms with Crippen molar-refractivity contribution in [3.05, 3.63) is 69.5 Å². The van der Waals surface area contributed by atoms with Gasteiger partial charge < -0.3 is 9.47 Å². The van der Waals surface area contributed by atoms with Crippen molar-refractivity contribution in [2.24, 2.45) is 0 Å². The van der Waals surface area contributed by atoms with Crippen LogP contribution in [0.1, 0.15) is 24.0 Å². The summed E-state index contributed by atoms with van der Waals surface area (Å²) in [5.74, 6) is -0.380. The number of rotatable bonds is 10. The molecule has 4 amide bonds. The molecule has 0 radical (unpaired) electrons. The highest BCUT2D eigenvalue weighted by molar-refractivity contribution is 8.27. The first-order valence-electron chi connectivity index (χ1n) is 12.6. The molecule has 42 heavy (non-hydrogen) atoms. The average Bonchev–Trinajstić information content (AvgIpc) is 3.41. The Morgan fingerprint density at radius 1 is 0.738 bits per heavy atom. The van der Waals surface area contributed by atoms with Crippen LogP contribution in [-0.2, 0) is 19.2 Å². The predicted octanol–water partition coefficient (Wildman–Crippen LogP) is 3.73. The number of benzene rings is 2. The minimum Gasteiger partial charge on any atom is -0.496 e. The fourth-order valence-corrected chi connectivity index (χ4v) is 6.53. The van der Waals surface area contributed by atoms with Crippen molar-refractivity contribution in [2.75, 3.05) is 27.3 Å². The third-order valence-corrected chi connectivity index (χ3v) is 8.82. The number of nitrogens with one attached hydrogen (secondary N) is 2. The SMILES string of the molecule is COc1ccccc1/C=C1\SC(=S)N(CCC(=O)NNC(=O)CCN2C(=O)/C(=C\c3ccccc3OC)SC2=S)C1=O. The van der Waals surface area contributed by atoms with Crippen molar-refractivity contribution >= 4 is 92.4 Å². The van der Waals surface area contributed by atoms with E-state index in [9.17, 15) is 19.2 Å². The van der Waals surface area contributed by atoms with Crippen molar-refractivity contribution < 1.29 is 28.7 Å². The number of carbonyl (C=O) groups excluding carboxylic acids is 4. The lowest BCUT2D eigenvalue weighted by Gasteiger charge is -2.15. The lowest BCUT2D eigenvalue weighted by molar-refractivity contribution is -0.130. The molecule has 2 aromatic carbocycles. The zero-order valence-corrected chi connectivity index (χ0v) is 25.8. The van der Waals surface area contributed by atoms with Gasteiger partial charge in [-0.15, -0.1) is 0 Å². The van der Waals surface area contributed by atoms with Crippen LogP contribution in [0.2, 0.25) is 0 Å². The molecule has 2 aliphatic heterocycles.